The Morgan fingerprint density at radius 1 is 1.46 bits per heavy atom. The van der Waals surface area contributed by atoms with Gasteiger partial charge in [-0.3, -0.25) is 0 Å². The molecule has 3 nitrogen and oxygen atoms in total. The molecular weight excluding hydrogens is 188 g/mol. The van der Waals surface area contributed by atoms with Gasteiger partial charge in [0.25, 0.3) is 0 Å². The summed E-state index contributed by atoms with van der Waals surface area (Å²) in [6.07, 6.45) is 1.51. The molecule has 0 amide bonds. The van der Waals surface area contributed by atoms with E-state index in [-0.39, 0.29) is 5.60 Å². The highest BCUT2D eigenvalue weighted by atomic mass is 35.5. The average molecular weight is 201 g/mol. The summed E-state index contributed by atoms with van der Waals surface area (Å²) in [6, 6.07) is 1.62. The molecular formula is C9H13ClN2O. The maximum Gasteiger partial charge on any atom is 0.237 e. The summed E-state index contributed by atoms with van der Waals surface area (Å²) in [5.74, 6) is 0.428. The molecule has 0 aliphatic rings. The zero-order valence-electron chi connectivity index (χ0n) is 7.97. The molecule has 0 saturated carbocycles. The van der Waals surface area contributed by atoms with Crippen molar-refractivity contribution in [2.24, 2.45) is 0 Å². The van der Waals surface area contributed by atoms with E-state index in [2.05, 4.69) is 4.98 Å². The van der Waals surface area contributed by atoms with Gasteiger partial charge in [-0.25, -0.2) is 4.98 Å². The van der Waals surface area contributed by atoms with Crippen LogP contribution in [0.5, 0.6) is 5.88 Å². The van der Waals surface area contributed by atoms with E-state index in [1.54, 1.807) is 6.07 Å². The van der Waals surface area contributed by atoms with Gasteiger partial charge < -0.3 is 10.5 Å². The van der Waals surface area contributed by atoms with Crippen molar-refractivity contribution >= 4 is 17.3 Å². The number of hydrogen-bond acceptors (Lipinski definition) is 3. The van der Waals surface area contributed by atoms with Crippen LogP contribution in [-0.4, -0.2) is 10.6 Å². The summed E-state index contributed by atoms with van der Waals surface area (Å²) in [7, 11) is 0. The van der Waals surface area contributed by atoms with E-state index in [1.165, 1.54) is 6.20 Å². The van der Waals surface area contributed by atoms with E-state index in [0.717, 1.165) is 0 Å². The molecule has 0 fully saturated rings. The number of nitrogen functional groups attached to an aromatic ring is 1. The van der Waals surface area contributed by atoms with Crippen LogP contribution >= 0.6 is 11.6 Å². The quantitative estimate of drug-likeness (QED) is 0.758. The molecule has 2 N–H and O–H groups in total. The molecule has 1 aromatic rings. The smallest absolute Gasteiger partial charge is 0.237 e. The van der Waals surface area contributed by atoms with Crippen molar-refractivity contribution in [3.8, 4) is 5.88 Å². The molecule has 0 atom stereocenters. The molecule has 13 heavy (non-hydrogen) atoms. The van der Waals surface area contributed by atoms with Gasteiger partial charge in [0.1, 0.15) is 5.60 Å². The predicted octanol–water partition coefficient (Wildman–Crippen LogP) is 2.49. The lowest BCUT2D eigenvalue weighted by molar-refractivity contribution is 0.125. The Balaban J connectivity index is 2.90. The number of nitrogens with zero attached hydrogens (tertiary/aromatic N) is 1. The van der Waals surface area contributed by atoms with Gasteiger partial charge in [-0.2, -0.15) is 0 Å². The fourth-order valence-electron chi connectivity index (χ4n) is 0.818. The maximum absolute atomic E-state index is 5.69. The summed E-state index contributed by atoms with van der Waals surface area (Å²) in [5.41, 5.74) is 5.82. The Hall–Kier alpha value is -0.960. The molecule has 0 aliphatic heterocycles. The van der Waals surface area contributed by atoms with Crippen molar-refractivity contribution in [2.45, 2.75) is 26.4 Å². The van der Waals surface area contributed by atoms with Crippen molar-refractivity contribution in [2.75, 3.05) is 5.73 Å². The van der Waals surface area contributed by atoms with Crippen LogP contribution in [-0.2, 0) is 0 Å². The topological polar surface area (TPSA) is 48.1 Å². The number of ether oxygens (including phenoxy) is 1. The minimum absolute atomic E-state index is 0.297. The van der Waals surface area contributed by atoms with E-state index < -0.39 is 0 Å². The zero-order valence-corrected chi connectivity index (χ0v) is 8.72. The molecule has 1 heterocycles. The van der Waals surface area contributed by atoms with Gasteiger partial charge in [0.15, 0.2) is 0 Å². The molecule has 0 saturated heterocycles. The normalized spacial score (nSPS) is 11.4. The van der Waals surface area contributed by atoms with Gasteiger partial charge in [-0.05, 0) is 26.8 Å². The van der Waals surface area contributed by atoms with Crippen LogP contribution in [0.25, 0.3) is 0 Å². The van der Waals surface area contributed by atoms with Crippen LogP contribution in [0.2, 0.25) is 5.02 Å². The Bertz CT molecular complexity index is 307. The van der Waals surface area contributed by atoms with Gasteiger partial charge in [-0.15, -0.1) is 0 Å². The first-order valence-electron chi connectivity index (χ1n) is 3.98. The first-order valence-corrected chi connectivity index (χ1v) is 4.36. The monoisotopic (exact) mass is 200 g/mol. The van der Waals surface area contributed by atoms with Crippen molar-refractivity contribution < 1.29 is 4.74 Å². The highest BCUT2D eigenvalue weighted by molar-refractivity contribution is 6.30. The van der Waals surface area contributed by atoms with Gasteiger partial charge >= 0.3 is 0 Å². The lowest BCUT2D eigenvalue weighted by Gasteiger charge is -2.21. The van der Waals surface area contributed by atoms with Crippen molar-refractivity contribution in [3.05, 3.63) is 17.3 Å². The first kappa shape index (κ1) is 10.1. The van der Waals surface area contributed by atoms with E-state index >= 15 is 0 Å². The Labute approximate surface area is 82.9 Å². The molecule has 0 spiro atoms. The van der Waals surface area contributed by atoms with Crippen molar-refractivity contribution in [1.29, 1.82) is 0 Å². The van der Waals surface area contributed by atoms with Gasteiger partial charge in [-0.1, -0.05) is 11.6 Å². The predicted molar refractivity (Wildman–Crippen MR) is 54.0 cm³/mol. The molecule has 0 aromatic carbocycles. The highest BCUT2D eigenvalue weighted by Gasteiger charge is 2.14. The molecule has 72 valence electrons. The highest BCUT2D eigenvalue weighted by Crippen LogP contribution is 2.24. The Kier molecular flexibility index (Phi) is 2.66. The number of halogens is 1. The summed E-state index contributed by atoms with van der Waals surface area (Å²) < 4.78 is 5.49. The maximum atomic E-state index is 5.69. The summed E-state index contributed by atoms with van der Waals surface area (Å²) in [5, 5.41) is 0.513. The minimum Gasteiger partial charge on any atom is -0.470 e. The number of rotatable bonds is 1. The molecule has 0 radical (unpaired) electrons. The zero-order chi connectivity index (χ0) is 10.1. The number of aromatic nitrogens is 1. The second-order valence-electron chi connectivity index (χ2n) is 3.76. The van der Waals surface area contributed by atoms with Gasteiger partial charge in [0.05, 0.1) is 10.7 Å². The second-order valence-corrected chi connectivity index (χ2v) is 4.20. The third-order valence-corrected chi connectivity index (χ3v) is 1.46. The Morgan fingerprint density at radius 2 is 2.08 bits per heavy atom. The molecule has 1 aromatic heterocycles. The fourth-order valence-corrected chi connectivity index (χ4v) is 0.984. The van der Waals surface area contributed by atoms with Crippen LogP contribution in [0.4, 0.5) is 5.69 Å². The van der Waals surface area contributed by atoms with Gasteiger partial charge in [0, 0.05) is 6.20 Å². The molecule has 0 bridgehead atoms. The lowest BCUT2D eigenvalue weighted by atomic mass is 10.2. The van der Waals surface area contributed by atoms with E-state index in [4.69, 9.17) is 22.1 Å². The van der Waals surface area contributed by atoms with Crippen molar-refractivity contribution in [1.82, 2.24) is 4.98 Å². The second kappa shape index (κ2) is 3.42. The van der Waals surface area contributed by atoms with Crippen LogP contribution in [0.15, 0.2) is 12.3 Å². The van der Waals surface area contributed by atoms with Crippen LogP contribution in [0.1, 0.15) is 20.8 Å². The third-order valence-electron chi connectivity index (χ3n) is 1.25. The minimum atomic E-state index is -0.297. The van der Waals surface area contributed by atoms with Crippen LogP contribution < -0.4 is 10.5 Å². The van der Waals surface area contributed by atoms with E-state index in [1.807, 2.05) is 20.8 Å². The van der Waals surface area contributed by atoms with Crippen molar-refractivity contribution in [3.63, 3.8) is 0 Å². The standard InChI is InChI=1S/C9H13ClN2O/c1-9(2,3)13-8-7(11)4-6(10)5-12-8/h4-5H,11H2,1-3H3. The molecule has 0 unspecified atom stereocenters. The van der Waals surface area contributed by atoms with Crippen LogP contribution in [0.3, 0.4) is 0 Å². The van der Waals surface area contributed by atoms with E-state index in [9.17, 15) is 0 Å². The molecule has 4 heteroatoms. The lowest BCUT2D eigenvalue weighted by Crippen LogP contribution is -2.24. The van der Waals surface area contributed by atoms with Gasteiger partial charge in [0.2, 0.25) is 5.88 Å². The number of nitrogens with two attached hydrogens (primary N) is 1. The number of anilines is 1. The fraction of sp³-hybridized carbons (Fsp3) is 0.444. The largest absolute Gasteiger partial charge is 0.470 e. The van der Waals surface area contributed by atoms with Crippen LogP contribution in [0, 0.1) is 0 Å². The summed E-state index contributed by atoms with van der Waals surface area (Å²) >= 11 is 5.69. The third kappa shape index (κ3) is 3.11. The summed E-state index contributed by atoms with van der Waals surface area (Å²) in [6.45, 7) is 5.80. The summed E-state index contributed by atoms with van der Waals surface area (Å²) in [4.78, 5) is 3.98. The SMILES string of the molecule is CC(C)(C)Oc1ncc(Cl)cc1N. The first-order chi connectivity index (χ1) is 5.88. The average Bonchev–Trinajstić information content (AvgIpc) is 1.93. The molecule has 1 rings (SSSR count). The Morgan fingerprint density at radius 3 is 2.54 bits per heavy atom. The molecule has 0 aliphatic carbocycles. The van der Waals surface area contributed by atoms with E-state index in [0.29, 0.717) is 16.6 Å². The number of hydrogen-bond donors (Lipinski definition) is 1. The number of pyridine rings is 1.